The quantitative estimate of drug-likeness (QED) is 0.484. The van der Waals surface area contributed by atoms with Crippen LogP contribution in [-0.2, 0) is 14.8 Å². The lowest BCUT2D eigenvalue weighted by molar-refractivity contribution is -0.192. The fourth-order valence-electron chi connectivity index (χ4n) is 3.41. The van der Waals surface area contributed by atoms with Gasteiger partial charge in [-0.1, -0.05) is 17.7 Å². The van der Waals surface area contributed by atoms with Gasteiger partial charge in [0.15, 0.2) is 0 Å². The van der Waals surface area contributed by atoms with Crippen molar-refractivity contribution in [3.63, 3.8) is 0 Å². The summed E-state index contributed by atoms with van der Waals surface area (Å²) in [5.74, 6) is -2.32. The minimum absolute atomic E-state index is 0.155. The van der Waals surface area contributed by atoms with E-state index in [0.29, 0.717) is 24.5 Å². The van der Waals surface area contributed by atoms with E-state index in [1.807, 2.05) is 20.8 Å². The number of piperazine rings is 1. The highest BCUT2D eigenvalue weighted by Crippen LogP contribution is 2.25. The van der Waals surface area contributed by atoms with Gasteiger partial charge in [-0.05, 0) is 39.0 Å². The van der Waals surface area contributed by atoms with Gasteiger partial charge in [0.05, 0.1) is 22.3 Å². The zero-order valence-corrected chi connectivity index (χ0v) is 21.5. The number of benzene rings is 1. The van der Waals surface area contributed by atoms with Crippen LogP contribution in [0.3, 0.4) is 0 Å². The molecule has 1 aliphatic rings. The van der Waals surface area contributed by atoms with Crippen molar-refractivity contribution in [2.45, 2.75) is 31.8 Å². The molecular weight excluding hydrogens is 515 g/mol. The van der Waals surface area contributed by atoms with Crippen molar-refractivity contribution in [2.24, 2.45) is 0 Å². The number of carbonyl (C=O) groups excluding carboxylic acids is 1. The van der Waals surface area contributed by atoms with E-state index in [9.17, 15) is 26.4 Å². The van der Waals surface area contributed by atoms with E-state index in [0.717, 1.165) is 31.7 Å². The maximum atomic E-state index is 13.2. The number of anilines is 2. The summed E-state index contributed by atoms with van der Waals surface area (Å²) in [6.07, 6.45) is -3.61. The third kappa shape index (κ3) is 8.32. The number of aliphatic carboxylic acids is 1. The van der Waals surface area contributed by atoms with Crippen LogP contribution < -0.4 is 14.9 Å². The first-order valence-electron chi connectivity index (χ1n) is 11.4. The maximum Gasteiger partial charge on any atom is 0.490 e. The molecule has 1 aromatic heterocycles. The second-order valence-corrected chi connectivity index (χ2v) is 9.71. The Kier molecular flexibility index (Phi) is 10.3. The summed E-state index contributed by atoms with van der Waals surface area (Å²) in [5.41, 5.74) is 1.65. The first kappa shape index (κ1) is 29.8. The predicted octanol–water partition coefficient (Wildman–Crippen LogP) is 2.72. The van der Waals surface area contributed by atoms with E-state index < -0.39 is 22.2 Å². The number of sulfonamides is 1. The zero-order valence-electron chi connectivity index (χ0n) is 20.7. The molecule has 1 aromatic carbocycles. The number of pyridine rings is 1. The Labute approximate surface area is 213 Å². The standard InChI is InChI=1S/C21H29N5O3S.C2HF3O2/c1-4-25(5-2)21(27)19-14-17(15-23-20(19)26-12-10-22-11-13-26)24-30(28,29)18-8-6-16(3)7-9-18;3-2(4,5)1(6)7/h6-9,14-15,22,24H,4-5,10-13H2,1-3H3;(H,6,7). The van der Waals surface area contributed by atoms with Gasteiger partial charge in [0.25, 0.3) is 15.9 Å². The molecule has 0 atom stereocenters. The minimum atomic E-state index is -5.08. The Balaban J connectivity index is 0.000000604. The van der Waals surface area contributed by atoms with Gasteiger partial charge in [0, 0.05) is 39.3 Å². The Morgan fingerprint density at radius 3 is 2.16 bits per heavy atom. The summed E-state index contributed by atoms with van der Waals surface area (Å²) in [6.45, 7) is 9.95. The lowest BCUT2D eigenvalue weighted by atomic mass is 10.1. The average molecular weight is 546 g/mol. The molecule has 0 aliphatic carbocycles. The molecular formula is C23H30F3N5O5S. The van der Waals surface area contributed by atoms with E-state index >= 15 is 0 Å². The average Bonchev–Trinajstić information content (AvgIpc) is 2.85. The molecule has 2 heterocycles. The van der Waals surface area contributed by atoms with Crippen LogP contribution in [0.15, 0.2) is 41.4 Å². The molecule has 0 saturated carbocycles. The normalized spacial score (nSPS) is 13.8. The smallest absolute Gasteiger partial charge is 0.475 e. The Bertz CT molecular complexity index is 1180. The first-order valence-corrected chi connectivity index (χ1v) is 12.9. The second kappa shape index (κ2) is 12.7. The third-order valence-electron chi connectivity index (χ3n) is 5.39. The largest absolute Gasteiger partial charge is 0.490 e. The second-order valence-electron chi connectivity index (χ2n) is 8.03. The fraction of sp³-hybridized carbons (Fsp3) is 0.435. The number of alkyl halides is 3. The number of carboxylic acids is 1. The molecule has 1 amide bonds. The number of rotatable bonds is 7. The van der Waals surface area contributed by atoms with Gasteiger partial charge in [-0.3, -0.25) is 9.52 Å². The summed E-state index contributed by atoms with van der Waals surface area (Å²) in [5, 5.41) is 10.4. The molecule has 0 bridgehead atoms. The third-order valence-corrected chi connectivity index (χ3v) is 6.79. The van der Waals surface area contributed by atoms with Crippen molar-refractivity contribution in [3.8, 4) is 0 Å². The minimum Gasteiger partial charge on any atom is -0.475 e. The van der Waals surface area contributed by atoms with Crippen LogP contribution in [0.4, 0.5) is 24.7 Å². The predicted molar refractivity (Wildman–Crippen MR) is 132 cm³/mol. The number of halogens is 3. The maximum absolute atomic E-state index is 13.2. The van der Waals surface area contributed by atoms with E-state index in [-0.39, 0.29) is 16.5 Å². The summed E-state index contributed by atoms with van der Waals surface area (Å²) in [6, 6.07) is 8.20. The first-order chi connectivity index (χ1) is 17.3. The van der Waals surface area contributed by atoms with Crippen LogP contribution >= 0.6 is 0 Å². The summed E-state index contributed by atoms with van der Waals surface area (Å²) < 4.78 is 59.8. The Morgan fingerprint density at radius 2 is 1.68 bits per heavy atom. The van der Waals surface area contributed by atoms with Crippen molar-refractivity contribution < 1.29 is 36.3 Å². The molecule has 0 spiro atoms. The van der Waals surface area contributed by atoms with Gasteiger partial charge in [0.1, 0.15) is 5.82 Å². The number of hydrogen-bond donors (Lipinski definition) is 3. The molecule has 3 N–H and O–H groups in total. The van der Waals surface area contributed by atoms with Crippen molar-refractivity contribution in [1.29, 1.82) is 0 Å². The Morgan fingerprint density at radius 1 is 1.14 bits per heavy atom. The number of carbonyl (C=O) groups is 2. The molecule has 1 saturated heterocycles. The molecule has 1 fully saturated rings. The van der Waals surface area contributed by atoms with Crippen LogP contribution in [0.1, 0.15) is 29.8 Å². The highest BCUT2D eigenvalue weighted by atomic mass is 32.2. The Hall–Kier alpha value is -3.39. The number of amides is 1. The van der Waals surface area contributed by atoms with Crippen molar-refractivity contribution in [2.75, 3.05) is 48.9 Å². The van der Waals surface area contributed by atoms with Gasteiger partial charge >= 0.3 is 12.1 Å². The van der Waals surface area contributed by atoms with Crippen molar-refractivity contribution >= 4 is 33.4 Å². The van der Waals surface area contributed by atoms with E-state index in [1.165, 1.54) is 6.20 Å². The van der Waals surface area contributed by atoms with Gasteiger partial charge in [-0.2, -0.15) is 13.2 Å². The van der Waals surface area contributed by atoms with Crippen LogP contribution in [0.25, 0.3) is 0 Å². The molecule has 2 aromatic rings. The van der Waals surface area contributed by atoms with Crippen LogP contribution in [0.5, 0.6) is 0 Å². The van der Waals surface area contributed by atoms with Gasteiger partial charge in [0.2, 0.25) is 0 Å². The number of aryl methyl sites for hydroxylation is 1. The molecule has 14 heteroatoms. The van der Waals surface area contributed by atoms with Crippen LogP contribution in [0, 0.1) is 6.92 Å². The molecule has 0 radical (unpaired) electrons. The van der Waals surface area contributed by atoms with E-state index in [4.69, 9.17) is 9.90 Å². The molecule has 1 aliphatic heterocycles. The summed E-state index contributed by atoms with van der Waals surface area (Å²) >= 11 is 0. The van der Waals surface area contributed by atoms with Crippen molar-refractivity contribution in [1.82, 2.24) is 15.2 Å². The lowest BCUT2D eigenvalue weighted by Gasteiger charge is -2.31. The van der Waals surface area contributed by atoms with Crippen molar-refractivity contribution in [3.05, 3.63) is 47.7 Å². The van der Waals surface area contributed by atoms with E-state index in [1.54, 1.807) is 35.2 Å². The number of carboxylic acid groups (broad SMARTS) is 1. The van der Waals surface area contributed by atoms with E-state index in [2.05, 4.69) is 19.9 Å². The number of nitrogens with zero attached hydrogens (tertiary/aromatic N) is 3. The highest BCUT2D eigenvalue weighted by molar-refractivity contribution is 7.92. The molecule has 3 rings (SSSR count). The fourth-order valence-corrected chi connectivity index (χ4v) is 4.45. The lowest BCUT2D eigenvalue weighted by Crippen LogP contribution is -2.45. The molecule has 10 nitrogen and oxygen atoms in total. The highest BCUT2D eigenvalue weighted by Gasteiger charge is 2.38. The zero-order chi connectivity index (χ0) is 27.8. The monoisotopic (exact) mass is 545 g/mol. The number of aromatic nitrogens is 1. The number of nitrogens with one attached hydrogen (secondary N) is 2. The summed E-state index contributed by atoms with van der Waals surface area (Å²) in [7, 11) is -3.78. The SMILES string of the molecule is CCN(CC)C(=O)c1cc(NS(=O)(=O)c2ccc(C)cc2)cnc1N1CCNCC1.O=C(O)C(F)(F)F. The molecule has 37 heavy (non-hydrogen) atoms. The number of hydrogen-bond acceptors (Lipinski definition) is 7. The van der Waals surface area contributed by atoms with Crippen LogP contribution in [-0.4, -0.2) is 80.7 Å². The summed E-state index contributed by atoms with van der Waals surface area (Å²) in [4.78, 5) is 30.5. The molecule has 204 valence electrons. The van der Waals surface area contributed by atoms with Gasteiger partial charge < -0.3 is 20.2 Å². The topological polar surface area (TPSA) is 132 Å². The van der Waals surface area contributed by atoms with Crippen LogP contribution in [0.2, 0.25) is 0 Å². The molecule has 0 unspecified atom stereocenters. The van der Waals surface area contributed by atoms with Gasteiger partial charge in [-0.15, -0.1) is 0 Å². The van der Waals surface area contributed by atoms with Gasteiger partial charge in [-0.25, -0.2) is 18.2 Å².